The van der Waals surface area contributed by atoms with Crippen LogP contribution in [0.5, 0.6) is 0 Å². The number of rotatable bonds is 6. The summed E-state index contributed by atoms with van der Waals surface area (Å²) in [6.07, 6.45) is 2.03. The highest BCUT2D eigenvalue weighted by atomic mass is 16.4. The molecule has 106 valence electrons. The van der Waals surface area contributed by atoms with Crippen LogP contribution < -0.4 is 10.6 Å². The Morgan fingerprint density at radius 1 is 1.47 bits per heavy atom. The van der Waals surface area contributed by atoms with Gasteiger partial charge in [-0.15, -0.1) is 0 Å². The number of aryl methyl sites for hydroxylation is 1. The Labute approximate surface area is 112 Å². The first-order valence-electron chi connectivity index (χ1n) is 6.14. The lowest BCUT2D eigenvalue weighted by Crippen LogP contribution is -2.46. The molecule has 1 atom stereocenters. The molecule has 0 aliphatic carbocycles. The van der Waals surface area contributed by atoms with E-state index in [-0.39, 0.29) is 5.92 Å². The molecule has 1 heterocycles. The van der Waals surface area contributed by atoms with E-state index >= 15 is 0 Å². The topological polar surface area (TPSA) is 96.3 Å². The first-order chi connectivity index (χ1) is 8.90. The Kier molecular flexibility index (Phi) is 5.35. The zero-order chi connectivity index (χ0) is 14.4. The number of nitrogens with zero attached hydrogens (tertiary/aromatic N) is 2. The number of hydrogen-bond acceptors (Lipinski definition) is 3. The number of urea groups is 1. The molecule has 7 heteroatoms. The fourth-order valence-electron chi connectivity index (χ4n) is 1.65. The van der Waals surface area contributed by atoms with Crippen molar-refractivity contribution in [3.8, 4) is 0 Å². The number of hydrogen-bond donors (Lipinski definition) is 3. The van der Waals surface area contributed by atoms with Gasteiger partial charge in [0.1, 0.15) is 6.04 Å². The first kappa shape index (κ1) is 15.0. The van der Waals surface area contributed by atoms with Gasteiger partial charge >= 0.3 is 12.0 Å². The summed E-state index contributed by atoms with van der Waals surface area (Å²) in [5.74, 6) is -0.831. The van der Waals surface area contributed by atoms with E-state index in [0.717, 1.165) is 5.69 Å². The van der Waals surface area contributed by atoms with Gasteiger partial charge in [0.2, 0.25) is 0 Å². The molecule has 19 heavy (non-hydrogen) atoms. The standard InChI is InChI=1S/C12H20N4O3/c1-8(2)6-10(11(17)18)15-12(19)13-7-9-4-5-14-16(9)3/h4-5,8,10H,6-7H2,1-3H3,(H,17,18)(H2,13,15,19)/t10-/m1/s1. The molecule has 0 aromatic carbocycles. The van der Waals surface area contributed by atoms with E-state index in [1.807, 2.05) is 13.8 Å². The lowest BCUT2D eigenvalue weighted by Gasteiger charge is -2.16. The Bertz CT molecular complexity index is 442. The second-order valence-corrected chi connectivity index (χ2v) is 4.79. The number of amides is 2. The van der Waals surface area contributed by atoms with Crippen molar-refractivity contribution in [2.24, 2.45) is 13.0 Å². The monoisotopic (exact) mass is 268 g/mol. The highest BCUT2D eigenvalue weighted by molar-refractivity contribution is 5.82. The van der Waals surface area contributed by atoms with Gasteiger partial charge in [-0.25, -0.2) is 9.59 Å². The number of aliphatic carboxylic acids is 1. The molecule has 0 aliphatic rings. The van der Waals surface area contributed by atoms with Crippen molar-refractivity contribution in [2.75, 3.05) is 0 Å². The van der Waals surface area contributed by atoms with Gasteiger partial charge in [0, 0.05) is 13.2 Å². The van der Waals surface area contributed by atoms with Gasteiger partial charge in [-0.2, -0.15) is 5.10 Å². The maximum absolute atomic E-state index is 11.6. The van der Waals surface area contributed by atoms with Crippen molar-refractivity contribution >= 4 is 12.0 Å². The maximum atomic E-state index is 11.6. The van der Waals surface area contributed by atoms with Crippen molar-refractivity contribution in [3.05, 3.63) is 18.0 Å². The summed E-state index contributed by atoms with van der Waals surface area (Å²) in [6.45, 7) is 4.12. The fourth-order valence-corrected chi connectivity index (χ4v) is 1.65. The summed E-state index contributed by atoms with van der Waals surface area (Å²) in [7, 11) is 1.77. The number of carboxylic acids is 1. The number of carbonyl (C=O) groups excluding carboxylic acids is 1. The molecule has 0 saturated carbocycles. The average molecular weight is 268 g/mol. The minimum absolute atomic E-state index is 0.193. The lowest BCUT2D eigenvalue weighted by atomic mass is 10.0. The lowest BCUT2D eigenvalue weighted by molar-refractivity contribution is -0.139. The van der Waals surface area contributed by atoms with E-state index in [9.17, 15) is 9.59 Å². The largest absolute Gasteiger partial charge is 0.480 e. The van der Waals surface area contributed by atoms with Crippen LogP contribution in [0.25, 0.3) is 0 Å². The Balaban J connectivity index is 2.45. The molecular weight excluding hydrogens is 248 g/mol. The first-order valence-corrected chi connectivity index (χ1v) is 6.14. The van der Waals surface area contributed by atoms with E-state index < -0.39 is 18.0 Å². The molecule has 0 unspecified atom stereocenters. The number of carbonyl (C=O) groups is 2. The van der Waals surface area contributed by atoms with Crippen LogP contribution in [0.1, 0.15) is 26.0 Å². The number of nitrogens with one attached hydrogen (secondary N) is 2. The summed E-state index contributed by atoms with van der Waals surface area (Å²) in [4.78, 5) is 22.6. The van der Waals surface area contributed by atoms with Crippen LogP contribution in [0.3, 0.4) is 0 Å². The van der Waals surface area contributed by atoms with E-state index in [1.54, 1.807) is 24.0 Å². The third-order valence-corrected chi connectivity index (χ3v) is 2.66. The fraction of sp³-hybridized carbons (Fsp3) is 0.583. The van der Waals surface area contributed by atoms with Gasteiger partial charge in [0.05, 0.1) is 12.2 Å². The number of carboxylic acid groups (broad SMARTS) is 1. The summed E-state index contributed by atoms with van der Waals surface area (Å²) in [5.41, 5.74) is 0.839. The highest BCUT2D eigenvalue weighted by Gasteiger charge is 2.20. The summed E-state index contributed by atoms with van der Waals surface area (Å²) in [5, 5.41) is 18.0. The molecule has 0 bridgehead atoms. The van der Waals surface area contributed by atoms with Gasteiger partial charge in [-0.3, -0.25) is 4.68 Å². The third-order valence-electron chi connectivity index (χ3n) is 2.66. The van der Waals surface area contributed by atoms with Crippen LogP contribution in [0.15, 0.2) is 12.3 Å². The Morgan fingerprint density at radius 3 is 2.63 bits per heavy atom. The zero-order valence-corrected chi connectivity index (χ0v) is 11.4. The van der Waals surface area contributed by atoms with Crippen molar-refractivity contribution in [1.29, 1.82) is 0 Å². The van der Waals surface area contributed by atoms with Crippen molar-refractivity contribution in [1.82, 2.24) is 20.4 Å². The third kappa shape index (κ3) is 4.99. The summed E-state index contributed by atoms with van der Waals surface area (Å²) < 4.78 is 1.64. The normalized spacial score (nSPS) is 12.2. The minimum Gasteiger partial charge on any atom is -0.480 e. The molecule has 0 fully saturated rings. The Morgan fingerprint density at radius 2 is 2.16 bits per heavy atom. The molecule has 0 spiro atoms. The van der Waals surface area contributed by atoms with E-state index in [1.165, 1.54) is 0 Å². The Hall–Kier alpha value is -2.05. The van der Waals surface area contributed by atoms with Gasteiger partial charge < -0.3 is 15.7 Å². The average Bonchev–Trinajstić information content (AvgIpc) is 2.70. The van der Waals surface area contributed by atoms with Crippen LogP contribution in [0.2, 0.25) is 0 Å². The molecule has 0 radical (unpaired) electrons. The van der Waals surface area contributed by atoms with Crippen molar-refractivity contribution in [3.63, 3.8) is 0 Å². The van der Waals surface area contributed by atoms with Gasteiger partial charge in [0.15, 0.2) is 0 Å². The van der Waals surface area contributed by atoms with Crippen LogP contribution in [0.4, 0.5) is 4.79 Å². The molecule has 1 aromatic rings. The van der Waals surface area contributed by atoms with Crippen LogP contribution in [-0.4, -0.2) is 32.9 Å². The zero-order valence-electron chi connectivity index (χ0n) is 11.4. The molecule has 0 aliphatic heterocycles. The molecule has 1 aromatic heterocycles. The number of aromatic nitrogens is 2. The maximum Gasteiger partial charge on any atom is 0.326 e. The molecule has 1 rings (SSSR count). The minimum atomic E-state index is -1.02. The molecular formula is C12H20N4O3. The van der Waals surface area contributed by atoms with Crippen molar-refractivity contribution in [2.45, 2.75) is 32.9 Å². The molecule has 7 nitrogen and oxygen atoms in total. The van der Waals surface area contributed by atoms with E-state index in [2.05, 4.69) is 15.7 Å². The molecule has 2 amide bonds. The quantitative estimate of drug-likeness (QED) is 0.708. The smallest absolute Gasteiger partial charge is 0.326 e. The predicted molar refractivity (Wildman–Crippen MR) is 69.5 cm³/mol. The van der Waals surface area contributed by atoms with E-state index in [0.29, 0.717) is 13.0 Å². The van der Waals surface area contributed by atoms with E-state index in [4.69, 9.17) is 5.11 Å². The second-order valence-electron chi connectivity index (χ2n) is 4.79. The highest BCUT2D eigenvalue weighted by Crippen LogP contribution is 2.04. The SMILES string of the molecule is CC(C)C[C@@H](NC(=O)NCc1ccnn1C)C(=O)O. The van der Waals surface area contributed by atoms with Crippen LogP contribution >= 0.6 is 0 Å². The molecule has 3 N–H and O–H groups in total. The van der Waals surface area contributed by atoms with Crippen LogP contribution in [-0.2, 0) is 18.4 Å². The predicted octanol–water partition coefficient (Wildman–Crippen LogP) is 0.719. The van der Waals surface area contributed by atoms with Gasteiger partial charge in [-0.1, -0.05) is 13.8 Å². The van der Waals surface area contributed by atoms with Gasteiger partial charge in [-0.05, 0) is 18.4 Å². The summed E-state index contributed by atoms with van der Waals surface area (Å²) in [6, 6.07) is 0.420. The van der Waals surface area contributed by atoms with Gasteiger partial charge in [0.25, 0.3) is 0 Å². The molecule has 0 saturated heterocycles. The van der Waals surface area contributed by atoms with Crippen LogP contribution in [0, 0.1) is 5.92 Å². The summed E-state index contributed by atoms with van der Waals surface area (Å²) >= 11 is 0. The van der Waals surface area contributed by atoms with Crippen molar-refractivity contribution < 1.29 is 14.7 Å². The second kappa shape index (κ2) is 6.77.